The first-order valence-electron chi connectivity index (χ1n) is 6.49. The van der Waals surface area contributed by atoms with Crippen molar-refractivity contribution in [2.75, 3.05) is 0 Å². The fourth-order valence-corrected chi connectivity index (χ4v) is 2.57. The van der Waals surface area contributed by atoms with Gasteiger partial charge in [0.25, 0.3) is 0 Å². The van der Waals surface area contributed by atoms with Gasteiger partial charge >= 0.3 is 0 Å². The van der Waals surface area contributed by atoms with E-state index >= 15 is 0 Å². The van der Waals surface area contributed by atoms with Gasteiger partial charge in [-0.3, -0.25) is 0 Å². The van der Waals surface area contributed by atoms with Gasteiger partial charge < -0.3 is 14.1 Å². The molecule has 1 N–H and O–H groups in total. The Bertz CT molecular complexity index is 730. The summed E-state index contributed by atoms with van der Waals surface area (Å²) >= 11 is 6.19. The van der Waals surface area contributed by atoms with Crippen LogP contribution in [-0.2, 0) is 13.0 Å². The molecule has 2 heterocycles. The lowest BCUT2D eigenvalue weighted by Gasteiger charge is -2.08. The highest BCUT2D eigenvalue weighted by atomic mass is 35.5. The molecule has 0 radical (unpaired) electrons. The van der Waals surface area contributed by atoms with Gasteiger partial charge in [0.1, 0.15) is 11.4 Å². The molecule has 3 rings (SSSR count). The van der Waals surface area contributed by atoms with Gasteiger partial charge in [-0.05, 0) is 24.6 Å². The second kappa shape index (κ2) is 5.31. The molecule has 104 valence electrons. The lowest BCUT2D eigenvalue weighted by atomic mass is 10.1. The molecule has 0 aliphatic heterocycles. The first-order chi connectivity index (χ1) is 9.65. The van der Waals surface area contributed by atoms with Crippen molar-refractivity contribution in [3.05, 3.63) is 53.3 Å². The number of hydrogen-bond acceptors (Lipinski definition) is 3. The van der Waals surface area contributed by atoms with Crippen LogP contribution in [0.1, 0.15) is 18.3 Å². The van der Waals surface area contributed by atoms with E-state index in [4.69, 9.17) is 16.0 Å². The molecule has 4 nitrogen and oxygen atoms in total. The second-order valence-corrected chi connectivity index (χ2v) is 5.22. The maximum atomic E-state index is 9.50. The van der Waals surface area contributed by atoms with E-state index in [-0.39, 0.29) is 0 Å². The van der Waals surface area contributed by atoms with Crippen molar-refractivity contribution in [3.63, 3.8) is 0 Å². The molecule has 0 amide bonds. The Morgan fingerprint density at radius 1 is 1.40 bits per heavy atom. The van der Waals surface area contributed by atoms with Crippen LogP contribution in [0.3, 0.4) is 0 Å². The Labute approximate surface area is 121 Å². The average Bonchev–Trinajstić information content (AvgIpc) is 2.95. The number of aromatic nitrogens is 2. The number of halogens is 1. The van der Waals surface area contributed by atoms with E-state index in [0.717, 1.165) is 22.4 Å². The second-order valence-electron chi connectivity index (χ2n) is 4.87. The third-order valence-corrected chi connectivity index (χ3v) is 3.56. The van der Waals surface area contributed by atoms with Crippen molar-refractivity contribution >= 4 is 22.6 Å². The van der Waals surface area contributed by atoms with Gasteiger partial charge in [-0.15, -0.1) is 0 Å². The monoisotopic (exact) mass is 290 g/mol. The number of aliphatic hydroxyl groups is 1. The van der Waals surface area contributed by atoms with E-state index in [0.29, 0.717) is 18.2 Å². The van der Waals surface area contributed by atoms with E-state index in [9.17, 15) is 5.11 Å². The van der Waals surface area contributed by atoms with Crippen LogP contribution in [0.5, 0.6) is 0 Å². The van der Waals surface area contributed by atoms with Crippen molar-refractivity contribution in [2.24, 2.45) is 0 Å². The third kappa shape index (κ3) is 2.44. The van der Waals surface area contributed by atoms with Crippen LogP contribution in [-0.4, -0.2) is 20.8 Å². The molecule has 1 unspecified atom stereocenters. The lowest BCUT2D eigenvalue weighted by Crippen LogP contribution is -2.11. The van der Waals surface area contributed by atoms with Gasteiger partial charge in [0, 0.05) is 29.8 Å². The van der Waals surface area contributed by atoms with Crippen LogP contribution in [0.2, 0.25) is 5.22 Å². The van der Waals surface area contributed by atoms with Crippen molar-refractivity contribution in [3.8, 4) is 0 Å². The summed E-state index contributed by atoms with van der Waals surface area (Å²) in [6.45, 7) is 2.33. The molecule has 3 aromatic rings. The molecule has 2 aromatic heterocycles. The van der Waals surface area contributed by atoms with Crippen molar-refractivity contribution in [1.82, 2.24) is 9.55 Å². The van der Waals surface area contributed by atoms with Gasteiger partial charge in [-0.2, -0.15) is 0 Å². The summed E-state index contributed by atoms with van der Waals surface area (Å²) in [5.74, 6) is 0.835. The van der Waals surface area contributed by atoms with E-state index in [1.54, 1.807) is 13.1 Å². The van der Waals surface area contributed by atoms with E-state index in [2.05, 4.69) is 4.98 Å². The smallest absolute Gasteiger partial charge is 0.199 e. The minimum Gasteiger partial charge on any atom is -0.444 e. The molecule has 1 aromatic carbocycles. The number of rotatable bonds is 4. The van der Waals surface area contributed by atoms with Crippen LogP contribution >= 0.6 is 11.6 Å². The van der Waals surface area contributed by atoms with E-state index in [1.807, 2.05) is 35.0 Å². The Hall–Kier alpha value is -1.78. The van der Waals surface area contributed by atoms with Crippen LogP contribution in [0.25, 0.3) is 11.0 Å². The minimum atomic E-state index is -0.423. The summed E-state index contributed by atoms with van der Waals surface area (Å²) < 4.78 is 7.53. The summed E-state index contributed by atoms with van der Waals surface area (Å²) in [6, 6.07) is 7.77. The molecule has 0 saturated carbocycles. The number of fused-ring (bicyclic) bond motifs is 1. The van der Waals surface area contributed by atoms with Crippen LogP contribution in [0.15, 0.2) is 41.1 Å². The van der Waals surface area contributed by atoms with Gasteiger partial charge in [-0.25, -0.2) is 4.98 Å². The number of nitrogens with zero attached hydrogens (tertiary/aromatic N) is 2. The zero-order valence-corrected chi connectivity index (χ0v) is 11.8. The summed E-state index contributed by atoms with van der Waals surface area (Å²) in [4.78, 5) is 4.28. The molecule has 0 bridgehead atoms. The van der Waals surface area contributed by atoms with E-state index in [1.165, 1.54) is 0 Å². The molecule has 0 spiro atoms. The SMILES string of the molecule is CC(O)Cc1nccn1Cc1c(Cl)oc2ccccc12. The first-order valence-corrected chi connectivity index (χ1v) is 6.87. The van der Waals surface area contributed by atoms with E-state index < -0.39 is 6.10 Å². The molecule has 0 saturated heterocycles. The van der Waals surface area contributed by atoms with Crippen LogP contribution in [0, 0.1) is 0 Å². The molecule has 0 fully saturated rings. The number of furan rings is 1. The highest BCUT2D eigenvalue weighted by molar-refractivity contribution is 6.30. The normalized spacial score (nSPS) is 12.9. The predicted octanol–water partition coefficient (Wildman–Crippen LogP) is 3.25. The molecular formula is C15H15ClN2O2. The van der Waals surface area contributed by atoms with Crippen LogP contribution < -0.4 is 0 Å². The maximum Gasteiger partial charge on any atom is 0.199 e. The fraction of sp³-hybridized carbons (Fsp3) is 0.267. The van der Waals surface area contributed by atoms with Gasteiger partial charge in [0.15, 0.2) is 5.22 Å². The average molecular weight is 291 g/mol. The van der Waals surface area contributed by atoms with Crippen LogP contribution in [0.4, 0.5) is 0 Å². The minimum absolute atomic E-state index is 0.405. The first kappa shape index (κ1) is 13.2. The molecule has 0 aliphatic rings. The van der Waals surface area contributed by atoms with Crippen molar-refractivity contribution in [2.45, 2.75) is 26.0 Å². The third-order valence-electron chi connectivity index (χ3n) is 3.26. The van der Waals surface area contributed by atoms with Gasteiger partial charge in [0.05, 0.1) is 12.6 Å². The highest BCUT2D eigenvalue weighted by Gasteiger charge is 2.14. The Balaban J connectivity index is 1.97. The zero-order valence-electron chi connectivity index (χ0n) is 11.1. The largest absolute Gasteiger partial charge is 0.444 e. The van der Waals surface area contributed by atoms with Gasteiger partial charge in [-0.1, -0.05) is 18.2 Å². The summed E-state index contributed by atoms with van der Waals surface area (Å²) in [5, 5.41) is 10.9. The van der Waals surface area contributed by atoms with Gasteiger partial charge in [0.2, 0.25) is 0 Å². The highest BCUT2D eigenvalue weighted by Crippen LogP contribution is 2.30. The molecule has 0 aliphatic carbocycles. The number of aliphatic hydroxyl groups excluding tert-OH is 1. The standard InChI is InChI=1S/C15H15ClN2O2/c1-10(19)8-14-17-6-7-18(14)9-12-11-4-2-3-5-13(11)20-15(12)16/h2-7,10,19H,8-9H2,1H3. The number of para-hydroxylation sites is 1. The predicted molar refractivity (Wildman–Crippen MR) is 77.9 cm³/mol. The quantitative estimate of drug-likeness (QED) is 0.802. The molecular weight excluding hydrogens is 276 g/mol. The summed E-state index contributed by atoms with van der Waals surface area (Å²) in [5.41, 5.74) is 1.72. The number of benzene rings is 1. The fourth-order valence-electron chi connectivity index (χ4n) is 2.32. The molecule has 20 heavy (non-hydrogen) atoms. The summed E-state index contributed by atoms with van der Waals surface area (Å²) in [7, 11) is 0. The molecule has 1 atom stereocenters. The topological polar surface area (TPSA) is 51.2 Å². The maximum absolute atomic E-state index is 9.50. The number of hydrogen-bond donors (Lipinski definition) is 1. The Morgan fingerprint density at radius 2 is 2.20 bits per heavy atom. The lowest BCUT2D eigenvalue weighted by molar-refractivity contribution is 0.191. The van der Waals surface area contributed by atoms with Crippen molar-refractivity contribution in [1.29, 1.82) is 0 Å². The Kier molecular flexibility index (Phi) is 3.51. The van der Waals surface area contributed by atoms with Crippen molar-refractivity contribution < 1.29 is 9.52 Å². The zero-order chi connectivity index (χ0) is 14.1. The summed E-state index contributed by atoms with van der Waals surface area (Å²) in [6.07, 6.45) is 3.71. The number of imidazole rings is 1. The molecule has 5 heteroatoms. The Morgan fingerprint density at radius 3 is 3.00 bits per heavy atom.